The molecule has 0 spiro atoms. The van der Waals surface area contributed by atoms with Crippen LogP contribution in [0, 0.1) is 0 Å². The monoisotopic (exact) mass is 328 g/mol. The summed E-state index contributed by atoms with van der Waals surface area (Å²) >= 11 is 0. The zero-order valence-corrected chi connectivity index (χ0v) is 13.5. The van der Waals surface area contributed by atoms with Gasteiger partial charge in [0.2, 0.25) is 10.0 Å². The number of sulfonamides is 1. The van der Waals surface area contributed by atoms with Gasteiger partial charge in [-0.25, -0.2) is 13.2 Å². The summed E-state index contributed by atoms with van der Waals surface area (Å²) in [4.78, 5) is 11.6. The molecule has 8 heteroatoms. The maximum atomic E-state index is 12.8. The number of carbonyl (C=O) groups excluding carboxylic acids is 1. The molecule has 0 aromatic heterocycles. The third-order valence-corrected chi connectivity index (χ3v) is 5.44. The summed E-state index contributed by atoms with van der Waals surface area (Å²) in [6.07, 6.45) is 0.752. The van der Waals surface area contributed by atoms with E-state index in [-0.39, 0.29) is 16.2 Å². The van der Waals surface area contributed by atoms with Gasteiger partial charge in [-0.2, -0.15) is 4.31 Å². The van der Waals surface area contributed by atoms with Crippen LogP contribution in [0.1, 0.15) is 16.8 Å². The number of esters is 1. The first kappa shape index (κ1) is 16.7. The van der Waals surface area contributed by atoms with Gasteiger partial charge in [-0.15, -0.1) is 0 Å². The van der Waals surface area contributed by atoms with Crippen molar-refractivity contribution >= 4 is 16.0 Å². The molecule has 22 heavy (non-hydrogen) atoms. The Kier molecular flexibility index (Phi) is 5.38. The number of benzene rings is 1. The molecule has 1 aliphatic rings. The van der Waals surface area contributed by atoms with Crippen molar-refractivity contribution in [2.75, 3.05) is 40.4 Å². The fourth-order valence-electron chi connectivity index (χ4n) is 2.33. The predicted molar refractivity (Wildman–Crippen MR) is 80.6 cm³/mol. The van der Waals surface area contributed by atoms with Crippen molar-refractivity contribution in [3.8, 4) is 5.75 Å². The summed E-state index contributed by atoms with van der Waals surface area (Å²) in [6, 6.07) is 4.20. The lowest BCUT2D eigenvalue weighted by atomic mass is 10.2. The van der Waals surface area contributed by atoms with Crippen LogP contribution in [0.2, 0.25) is 0 Å². The van der Waals surface area contributed by atoms with Gasteiger partial charge in [-0.3, -0.25) is 0 Å². The second-order valence-electron chi connectivity index (χ2n) is 4.86. The maximum Gasteiger partial charge on any atom is 0.337 e. The lowest BCUT2D eigenvalue weighted by Gasteiger charge is -2.21. The molecule has 1 heterocycles. The Morgan fingerprint density at radius 1 is 1.23 bits per heavy atom. The predicted octanol–water partition coefficient (Wildman–Crippen LogP) is 0.466. The summed E-state index contributed by atoms with van der Waals surface area (Å²) in [5.41, 5.74) is 0.246. The largest absolute Gasteiger partial charge is 0.495 e. The van der Waals surface area contributed by atoms with E-state index in [4.69, 9.17) is 4.74 Å². The Balaban J connectivity index is 2.39. The molecule has 7 nitrogen and oxygen atoms in total. The summed E-state index contributed by atoms with van der Waals surface area (Å²) in [6.45, 7) is 2.27. The van der Waals surface area contributed by atoms with E-state index in [9.17, 15) is 13.2 Å². The smallest absolute Gasteiger partial charge is 0.337 e. The highest BCUT2D eigenvalue weighted by molar-refractivity contribution is 7.89. The summed E-state index contributed by atoms with van der Waals surface area (Å²) in [5.74, 6) is -0.402. The highest BCUT2D eigenvalue weighted by Crippen LogP contribution is 2.28. The van der Waals surface area contributed by atoms with E-state index < -0.39 is 16.0 Å². The minimum Gasteiger partial charge on any atom is -0.495 e. The normalized spacial score (nSPS) is 16.8. The Labute approximate surface area is 130 Å². The lowest BCUT2D eigenvalue weighted by Crippen LogP contribution is -2.34. The van der Waals surface area contributed by atoms with Crippen LogP contribution in [-0.2, 0) is 14.8 Å². The van der Waals surface area contributed by atoms with Gasteiger partial charge in [-0.05, 0) is 31.2 Å². The van der Waals surface area contributed by atoms with E-state index in [0.717, 1.165) is 13.0 Å². The second-order valence-corrected chi connectivity index (χ2v) is 6.77. The van der Waals surface area contributed by atoms with Crippen molar-refractivity contribution in [1.29, 1.82) is 0 Å². The van der Waals surface area contributed by atoms with Crippen LogP contribution in [0.3, 0.4) is 0 Å². The van der Waals surface area contributed by atoms with Gasteiger partial charge in [0, 0.05) is 19.6 Å². The molecule has 1 saturated heterocycles. The summed E-state index contributed by atoms with van der Waals surface area (Å²) < 4.78 is 36.8. The number of hydrogen-bond donors (Lipinski definition) is 1. The van der Waals surface area contributed by atoms with Gasteiger partial charge in [0.05, 0.1) is 19.8 Å². The van der Waals surface area contributed by atoms with Gasteiger partial charge >= 0.3 is 5.97 Å². The number of methoxy groups -OCH3 is 2. The topological polar surface area (TPSA) is 84.9 Å². The van der Waals surface area contributed by atoms with Crippen molar-refractivity contribution in [2.24, 2.45) is 0 Å². The van der Waals surface area contributed by atoms with Crippen LogP contribution in [-0.4, -0.2) is 59.1 Å². The van der Waals surface area contributed by atoms with Gasteiger partial charge in [-0.1, -0.05) is 0 Å². The number of rotatable bonds is 4. The lowest BCUT2D eigenvalue weighted by molar-refractivity contribution is 0.0600. The van der Waals surface area contributed by atoms with Crippen LogP contribution >= 0.6 is 0 Å². The average molecular weight is 328 g/mol. The molecule has 0 amide bonds. The van der Waals surface area contributed by atoms with Crippen molar-refractivity contribution in [1.82, 2.24) is 9.62 Å². The van der Waals surface area contributed by atoms with E-state index >= 15 is 0 Å². The van der Waals surface area contributed by atoms with Crippen LogP contribution < -0.4 is 10.1 Å². The van der Waals surface area contributed by atoms with Crippen LogP contribution in [0.15, 0.2) is 23.1 Å². The molecule has 1 fully saturated rings. The fraction of sp³-hybridized carbons (Fsp3) is 0.500. The van der Waals surface area contributed by atoms with Gasteiger partial charge in [0.1, 0.15) is 10.6 Å². The van der Waals surface area contributed by atoms with Crippen molar-refractivity contribution in [3.63, 3.8) is 0 Å². The summed E-state index contributed by atoms with van der Waals surface area (Å²) in [5, 5.41) is 3.16. The molecular weight excluding hydrogens is 308 g/mol. The third-order valence-electron chi connectivity index (χ3n) is 3.50. The molecule has 0 aliphatic carbocycles. The molecule has 2 rings (SSSR count). The fourth-order valence-corrected chi connectivity index (χ4v) is 3.94. The first-order valence-electron chi connectivity index (χ1n) is 6.98. The first-order valence-corrected chi connectivity index (χ1v) is 8.42. The number of carbonyl (C=O) groups is 1. The standard InChI is InChI=1S/C14H20N2O5S/c1-20-12-10-11(14(17)21-2)4-5-13(12)22(18,19)16-8-3-6-15-7-9-16/h4-5,10,15H,3,6-9H2,1-2H3. The zero-order chi connectivity index (χ0) is 16.2. The quantitative estimate of drug-likeness (QED) is 0.809. The maximum absolute atomic E-state index is 12.8. The second kappa shape index (κ2) is 7.08. The molecule has 1 aromatic rings. The third kappa shape index (κ3) is 3.40. The number of nitrogens with zero attached hydrogens (tertiary/aromatic N) is 1. The zero-order valence-electron chi connectivity index (χ0n) is 12.7. The van der Waals surface area contributed by atoms with Gasteiger partial charge in [0.15, 0.2) is 0 Å². The minimum atomic E-state index is -3.66. The molecule has 0 atom stereocenters. The number of nitrogens with one attached hydrogen (secondary N) is 1. The minimum absolute atomic E-state index is 0.0598. The number of hydrogen-bond acceptors (Lipinski definition) is 6. The molecule has 122 valence electrons. The van der Waals surface area contributed by atoms with E-state index in [1.165, 1.54) is 36.7 Å². The van der Waals surface area contributed by atoms with Gasteiger partial charge < -0.3 is 14.8 Å². The molecule has 1 N–H and O–H groups in total. The van der Waals surface area contributed by atoms with E-state index in [1.807, 2.05) is 0 Å². The molecule has 0 unspecified atom stereocenters. The van der Waals surface area contributed by atoms with Crippen molar-refractivity contribution in [2.45, 2.75) is 11.3 Å². The number of ether oxygens (including phenoxy) is 2. The Morgan fingerprint density at radius 2 is 2.00 bits per heavy atom. The van der Waals surface area contributed by atoms with E-state index in [2.05, 4.69) is 10.1 Å². The Bertz CT molecular complexity index is 637. The van der Waals surface area contributed by atoms with Crippen molar-refractivity contribution < 1.29 is 22.7 Å². The SMILES string of the molecule is COC(=O)c1ccc(S(=O)(=O)N2CCCNCC2)c(OC)c1. The highest BCUT2D eigenvalue weighted by Gasteiger charge is 2.28. The molecule has 1 aromatic carbocycles. The average Bonchev–Trinajstić information content (AvgIpc) is 2.83. The molecule has 1 aliphatic heterocycles. The molecule has 0 saturated carbocycles. The van der Waals surface area contributed by atoms with Crippen molar-refractivity contribution in [3.05, 3.63) is 23.8 Å². The Morgan fingerprint density at radius 3 is 2.68 bits per heavy atom. The van der Waals surface area contributed by atoms with Gasteiger partial charge in [0.25, 0.3) is 0 Å². The Hall–Kier alpha value is -1.64. The first-order chi connectivity index (χ1) is 10.5. The van der Waals surface area contributed by atoms with Crippen LogP contribution in [0.5, 0.6) is 5.75 Å². The van der Waals surface area contributed by atoms with E-state index in [1.54, 1.807) is 0 Å². The van der Waals surface area contributed by atoms with Crippen LogP contribution in [0.4, 0.5) is 0 Å². The van der Waals surface area contributed by atoms with E-state index in [0.29, 0.717) is 19.6 Å². The molecule has 0 bridgehead atoms. The van der Waals surface area contributed by atoms with Crippen LogP contribution in [0.25, 0.3) is 0 Å². The molecule has 0 radical (unpaired) electrons. The molecular formula is C14H20N2O5S. The highest BCUT2D eigenvalue weighted by atomic mass is 32.2. The summed E-state index contributed by atoms with van der Waals surface area (Å²) in [7, 11) is -1.02.